The topological polar surface area (TPSA) is 49.4 Å². The van der Waals surface area contributed by atoms with Crippen LogP contribution < -0.4 is 5.32 Å². The summed E-state index contributed by atoms with van der Waals surface area (Å²) < 4.78 is 0. The summed E-state index contributed by atoms with van der Waals surface area (Å²) in [7, 11) is 0. The van der Waals surface area contributed by atoms with Crippen molar-refractivity contribution in [2.45, 2.75) is 64.6 Å². The van der Waals surface area contributed by atoms with Crippen molar-refractivity contribution in [3.8, 4) is 0 Å². The van der Waals surface area contributed by atoms with Crippen LogP contribution in [0.25, 0.3) is 0 Å². The fourth-order valence-electron chi connectivity index (χ4n) is 2.73. The number of carbonyl (C=O) groups excluding carboxylic acids is 2. The Balaban J connectivity index is 2.12. The smallest absolute Gasteiger partial charge is 0.245 e. The number of piperazine rings is 1. The third-order valence-electron chi connectivity index (χ3n) is 3.86. The van der Waals surface area contributed by atoms with Crippen LogP contribution in [0.2, 0.25) is 0 Å². The minimum atomic E-state index is -0.369. The standard InChI is InChI=1S/C13H22N2O2/c1-4-11-12(16)14-9(3)13(17)15(11)8(2)7-10-5-6-10/h8-11H,4-7H2,1-3H3,(H,14,16). The van der Waals surface area contributed by atoms with E-state index in [-0.39, 0.29) is 29.9 Å². The van der Waals surface area contributed by atoms with Gasteiger partial charge in [-0.25, -0.2) is 0 Å². The molecule has 1 saturated carbocycles. The Morgan fingerprint density at radius 1 is 1.41 bits per heavy atom. The highest BCUT2D eigenvalue weighted by Crippen LogP contribution is 2.35. The molecule has 2 fully saturated rings. The molecule has 0 radical (unpaired) electrons. The lowest BCUT2D eigenvalue weighted by Crippen LogP contribution is -2.64. The molecular formula is C13H22N2O2. The van der Waals surface area contributed by atoms with Crippen molar-refractivity contribution in [2.75, 3.05) is 0 Å². The van der Waals surface area contributed by atoms with E-state index in [9.17, 15) is 9.59 Å². The van der Waals surface area contributed by atoms with Gasteiger partial charge in [0.05, 0.1) is 0 Å². The lowest BCUT2D eigenvalue weighted by Gasteiger charge is -2.41. The fraction of sp³-hybridized carbons (Fsp3) is 0.846. The maximum atomic E-state index is 12.2. The second-order valence-corrected chi connectivity index (χ2v) is 5.43. The van der Waals surface area contributed by atoms with Crippen LogP contribution in [-0.2, 0) is 9.59 Å². The summed E-state index contributed by atoms with van der Waals surface area (Å²) in [6.45, 7) is 5.80. The highest BCUT2D eigenvalue weighted by molar-refractivity contribution is 5.96. The zero-order valence-electron chi connectivity index (χ0n) is 10.9. The molecule has 0 aromatic carbocycles. The van der Waals surface area contributed by atoms with E-state index in [0.29, 0.717) is 6.42 Å². The number of hydrogen-bond donors (Lipinski definition) is 1. The molecule has 96 valence electrons. The molecule has 4 nitrogen and oxygen atoms in total. The van der Waals surface area contributed by atoms with Crippen molar-refractivity contribution in [3.05, 3.63) is 0 Å². The molecule has 1 saturated heterocycles. The number of rotatable bonds is 4. The maximum Gasteiger partial charge on any atom is 0.245 e. The van der Waals surface area contributed by atoms with Gasteiger partial charge >= 0.3 is 0 Å². The van der Waals surface area contributed by atoms with Crippen LogP contribution in [0.5, 0.6) is 0 Å². The van der Waals surface area contributed by atoms with Crippen molar-refractivity contribution >= 4 is 11.8 Å². The summed E-state index contributed by atoms with van der Waals surface area (Å²) >= 11 is 0. The van der Waals surface area contributed by atoms with Gasteiger partial charge in [-0.2, -0.15) is 0 Å². The first-order chi connectivity index (χ1) is 8.04. The first-order valence-corrected chi connectivity index (χ1v) is 6.67. The fourth-order valence-corrected chi connectivity index (χ4v) is 2.73. The predicted molar refractivity (Wildman–Crippen MR) is 65.3 cm³/mol. The average molecular weight is 238 g/mol. The van der Waals surface area contributed by atoms with E-state index in [1.165, 1.54) is 12.8 Å². The normalized spacial score (nSPS) is 31.4. The minimum absolute atomic E-state index is 0.00208. The number of amides is 2. The zero-order valence-corrected chi connectivity index (χ0v) is 10.9. The van der Waals surface area contributed by atoms with Gasteiger partial charge in [-0.3, -0.25) is 9.59 Å². The molecule has 3 unspecified atom stereocenters. The van der Waals surface area contributed by atoms with E-state index in [2.05, 4.69) is 12.2 Å². The monoisotopic (exact) mass is 238 g/mol. The first-order valence-electron chi connectivity index (χ1n) is 6.67. The number of carbonyl (C=O) groups is 2. The Morgan fingerprint density at radius 2 is 2.06 bits per heavy atom. The van der Waals surface area contributed by atoms with E-state index in [1.807, 2.05) is 11.8 Å². The Bertz CT molecular complexity index is 325. The summed E-state index contributed by atoms with van der Waals surface area (Å²) in [5, 5.41) is 2.75. The Morgan fingerprint density at radius 3 is 2.59 bits per heavy atom. The van der Waals surface area contributed by atoms with E-state index in [1.54, 1.807) is 6.92 Å². The SMILES string of the molecule is CCC1C(=O)NC(C)C(=O)N1C(C)CC1CC1. The van der Waals surface area contributed by atoms with E-state index >= 15 is 0 Å². The van der Waals surface area contributed by atoms with Crippen LogP contribution in [0, 0.1) is 5.92 Å². The second-order valence-electron chi connectivity index (χ2n) is 5.43. The van der Waals surface area contributed by atoms with Gasteiger partial charge in [0.2, 0.25) is 11.8 Å². The van der Waals surface area contributed by atoms with E-state index in [4.69, 9.17) is 0 Å². The van der Waals surface area contributed by atoms with E-state index < -0.39 is 0 Å². The molecule has 1 aliphatic carbocycles. The number of hydrogen-bond acceptors (Lipinski definition) is 2. The summed E-state index contributed by atoms with van der Waals surface area (Å²) in [6, 6.07) is -0.451. The van der Waals surface area contributed by atoms with Gasteiger partial charge in [-0.15, -0.1) is 0 Å². The average Bonchev–Trinajstić information content (AvgIpc) is 3.06. The van der Waals surface area contributed by atoms with Gasteiger partial charge in [-0.05, 0) is 32.6 Å². The highest BCUT2D eigenvalue weighted by atomic mass is 16.2. The molecule has 2 rings (SSSR count). The van der Waals surface area contributed by atoms with Crippen molar-refractivity contribution in [2.24, 2.45) is 5.92 Å². The van der Waals surface area contributed by atoms with Crippen molar-refractivity contribution in [3.63, 3.8) is 0 Å². The molecule has 0 aromatic rings. The van der Waals surface area contributed by atoms with Crippen molar-refractivity contribution in [1.82, 2.24) is 10.2 Å². The minimum Gasteiger partial charge on any atom is -0.343 e. The molecule has 1 aliphatic heterocycles. The molecule has 2 amide bonds. The molecule has 0 aromatic heterocycles. The van der Waals surface area contributed by atoms with Gasteiger partial charge in [0.25, 0.3) is 0 Å². The predicted octanol–water partition coefficient (Wildman–Crippen LogP) is 1.30. The van der Waals surface area contributed by atoms with Gasteiger partial charge < -0.3 is 10.2 Å². The van der Waals surface area contributed by atoms with E-state index in [0.717, 1.165) is 12.3 Å². The number of nitrogens with zero attached hydrogens (tertiary/aromatic N) is 1. The molecule has 1 N–H and O–H groups in total. The van der Waals surface area contributed by atoms with Crippen LogP contribution in [-0.4, -0.2) is 34.8 Å². The summed E-state index contributed by atoms with van der Waals surface area (Å²) in [5.41, 5.74) is 0. The van der Waals surface area contributed by atoms with Crippen LogP contribution in [0.1, 0.15) is 46.5 Å². The zero-order chi connectivity index (χ0) is 12.6. The quantitative estimate of drug-likeness (QED) is 0.802. The largest absolute Gasteiger partial charge is 0.343 e. The third kappa shape index (κ3) is 2.45. The van der Waals surface area contributed by atoms with Gasteiger partial charge in [0, 0.05) is 6.04 Å². The summed E-state index contributed by atoms with van der Waals surface area (Å²) in [4.78, 5) is 25.9. The summed E-state index contributed by atoms with van der Waals surface area (Å²) in [5.74, 6) is 0.849. The Kier molecular flexibility index (Phi) is 3.40. The Labute approximate surface area is 103 Å². The van der Waals surface area contributed by atoms with Crippen molar-refractivity contribution in [1.29, 1.82) is 0 Å². The lowest BCUT2D eigenvalue weighted by atomic mass is 10.0. The molecular weight excluding hydrogens is 216 g/mol. The molecule has 2 aliphatic rings. The van der Waals surface area contributed by atoms with Gasteiger partial charge in [-0.1, -0.05) is 19.8 Å². The lowest BCUT2D eigenvalue weighted by molar-refractivity contribution is -0.151. The maximum absolute atomic E-state index is 12.2. The van der Waals surface area contributed by atoms with Crippen LogP contribution >= 0.6 is 0 Å². The molecule has 0 bridgehead atoms. The second kappa shape index (κ2) is 4.67. The highest BCUT2D eigenvalue weighted by Gasteiger charge is 2.41. The first kappa shape index (κ1) is 12.4. The molecule has 0 spiro atoms. The Hall–Kier alpha value is -1.06. The van der Waals surface area contributed by atoms with Crippen LogP contribution in [0.15, 0.2) is 0 Å². The molecule has 4 heteroatoms. The van der Waals surface area contributed by atoms with Gasteiger partial charge in [0.15, 0.2) is 0 Å². The third-order valence-corrected chi connectivity index (χ3v) is 3.86. The van der Waals surface area contributed by atoms with Crippen LogP contribution in [0.3, 0.4) is 0 Å². The molecule has 17 heavy (non-hydrogen) atoms. The summed E-state index contributed by atoms with van der Waals surface area (Å²) in [6.07, 6.45) is 4.30. The van der Waals surface area contributed by atoms with Crippen LogP contribution in [0.4, 0.5) is 0 Å². The number of nitrogens with one attached hydrogen (secondary N) is 1. The van der Waals surface area contributed by atoms with Gasteiger partial charge in [0.1, 0.15) is 12.1 Å². The molecule has 3 atom stereocenters. The molecule has 1 heterocycles. The van der Waals surface area contributed by atoms with Crippen molar-refractivity contribution < 1.29 is 9.59 Å².